The van der Waals surface area contributed by atoms with E-state index in [1.54, 1.807) is 25.6 Å². The van der Waals surface area contributed by atoms with Crippen LogP contribution in [0.1, 0.15) is 5.56 Å². The Hall–Kier alpha value is 1.01. The Kier molecular flexibility index (Phi) is 6.23. The number of nitrogens with zero attached hydrogens (tertiary/aromatic N) is 1. The molecule has 0 bridgehead atoms. The van der Waals surface area contributed by atoms with Gasteiger partial charge in [0.05, 0.1) is 13.8 Å². The highest BCUT2D eigenvalue weighted by molar-refractivity contribution is 14.1. The van der Waals surface area contributed by atoms with Crippen molar-refractivity contribution in [1.82, 2.24) is 4.90 Å². The molecule has 0 amide bonds. The first kappa shape index (κ1) is 19.3. The fourth-order valence-corrected chi connectivity index (χ4v) is 6.82. The molecule has 1 heterocycles. The minimum absolute atomic E-state index is 0.109. The highest BCUT2D eigenvalue weighted by atomic mass is 127. The molecular formula is C11H10ClI2NO5S2. The lowest BCUT2D eigenvalue weighted by atomic mass is 10.2. The van der Waals surface area contributed by atoms with Crippen LogP contribution in [0.3, 0.4) is 0 Å². The zero-order valence-corrected chi connectivity index (χ0v) is 17.9. The Morgan fingerprint density at radius 3 is 2.45 bits per heavy atom. The minimum Gasteiger partial charge on any atom is -0.506 e. The number of aromatic hydroxyl groups is 1. The molecule has 0 saturated carbocycles. The third-order valence-electron chi connectivity index (χ3n) is 2.59. The fraction of sp³-hybridized carbons (Fsp3) is 0.273. The number of thioether (sulfide) groups is 2. The van der Waals surface area contributed by atoms with E-state index >= 15 is 0 Å². The Morgan fingerprint density at radius 1 is 1.27 bits per heavy atom. The third kappa shape index (κ3) is 4.34. The first-order valence-electron chi connectivity index (χ1n) is 5.58. The highest BCUT2D eigenvalue weighted by Gasteiger charge is 2.54. The van der Waals surface area contributed by atoms with Gasteiger partial charge in [0.25, 0.3) is 0 Å². The lowest BCUT2D eigenvalue weighted by molar-refractivity contribution is -1.92. The summed E-state index contributed by atoms with van der Waals surface area (Å²) >= 11 is 6.25. The van der Waals surface area contributed by atoms with Crippen LogP contribution in [0.25, 0.3) is 4.91 Å². The van der Waals surface area contributed by atoms with E-state index in [2.05, 4.69) is 22.6 Å². The third-order valence-corrected chi connectivity index (χ3v) is 7.68. The van der Waals surface area contributed by atoms with Crippen molar-refractivity contribution in [2.75, 3.05) is 14.1 Å². The van der Waals surface area contributed by atoms with E-state index in [1.165, 1.54) is 4.90 Å². The Morgan fingerprint density at radius 2 is 1.91 bits per heavy atom. The van der Waals surface area contributed by atoms with E-state index < -0.39 is 14.6 Å². The molecule has 0 radical (unpaired) electrons. The molecule has 1 aromatic carbocycles. The van der Waals surface area contributed by atoms with Crippen LogP contribution in [0.15, 0.2) is 17.5 Å². The van der Waals surface area contributed by atoms with Gasteiger partial charge in [-0.1, -0.05) is 11.8 Å². The van der Waals surface area contributed by atoms with E-state index in [0.29, 0.717) is 14.0 Å². The van der Waals surface area contributed by atoms with Gasteiger partial charge in [-0.3, -0.25) is 0 Å². The summed E-state index contributed by atoms with van der Waals surface area (Å²) in [6.45, 7) is 0. The monoisotopic (exact) mass is 589 g/mol. The smallest absolute Gasteiger partial charge is 0.380 e. The maximum Gasteiger partial charge on any atom is 0.380 e. The number of hydrogen-bond acceptors (Lipinski definition) is 8. The van der Waals surface area contributed by atoms with Crippen molar-refractivity contribution < 1.29 is 33.6 Å². The molecule has 0 aliphatic carbocycles. The topological polar surface area (TPSA) is 102 Å². The molecule has 0 saturated heterocycles. The van der Waals surface area contributed by atoms with Crippen LogP contribution >= 0.6 is 68.7 Å². The van der Waals surface area contributed by atoms with Crippen LogP contribution in [0.4, 0.5) is 0 Å². The first-order valence-corrected chi connectivity index (χ1v) is 10.7. The van der Waals surface area contributed by atoms with Crippen LogP contribution in [0.2, 0.25) is 0 Å². The van der Waals surface area contributed by atoms with Crippen molar-refractivity contribution in [1.29, 1.82) is 0 Å². The van der Waals surface area contributed by atoms with Gasteiger partial charge in [0, 0.05) is 14.0 Å². The maximum atomic E-state index is 11.0. The van der Waals surface area contributed by atoms with Crippen molar-refractivity contribution in [2.45, 2.75) is 4.39 Å². The molecule has 6 nitrogen and oxygen atoms in total. The Balaban J connectivity index is 2.35. The molecule has 122 valence electrons. The first-order chi connectivity index (χ1) is 10.0. The number of rotatable bonds is 4. The molecule has 1 aromatic rings. The van der Waals surface area contributed by atoms with Crippen LogP contribution in [-0.2, 0) is 4.29 Å². The molecule has 0 fully saturated rings. The molecule has 1 unspecified atom stereocenters. The normalized spacial score (nSPS) is 22.3. The molecular weight excluding hydrogens is 580 g/mol. The quantitative estimate of drug-likeness (QED) is 0.400. The van der Waals surface area contributed by atoms with Gasteiger partial charge in [0.1, 0.15) is 10.0 Å². The van der Waals surface area contributed by atoms with Crippen molar-refractivity contribution >= 4 is 73.6 Å². The Labute approximate surface area is 165 Å². The van der Waals surface area contributed by atoms with Gasteiger partial charge >= 0.3 is 4.39 Å². The number of halogens is 3. The molecule has 1 aliphatic rings. The van der Waals surface area contributed by atoms with E-state index in [1.807, 2.05) is 28.7 Å². The van der Waals surface area contributed by atoms with Crippen LogP contribution < -0.4 is 14.0 Å². The molecule has 2 rings (SSSR count). The summed E-state index contributed by atoms with van der Waals surface area (Å²) in [5, 5.41) is 11.9. The van der Waals surface area contributed by atoms with Gasteiger partial charge < -0.3 is 5.11 Å². The second-order valence-electron chi connectivity index (χ2n) is 4.36. The predicted octanol–water partition coefficient (Wildman–Crippen LogP) is 0.467. The van der Waals surface area contributed by atoms with Gasteiger partial charge in [-0.25, -0.2) is 4.90 Å². The summed E-state index contributed by atoms with van der Waals surface area (Å²) < 4.78 is 37.8. The second kappa shape index (κ2) is 7.09. The summed E-state index contributed by atoms with van der Waals surface area (Å²) in [6.07, 6.45) is 0. The van der Waals surface area contributed by atoms with Crippen molar-refractivity contribution in [3.8, 4) is 5.75 Å². The van der Waals surface area contributed by atoms with Crippen molar-refractivity contribution in [3.63, 3.8) is 0 Å². The van der Waals surface area contributed by atoms with Crippen LogP contribution in [0, 0.1) is 17.4 Å². The second-order valence-corrected chi connectivity index (χ2v) is 10.2. The minimum atomic E-state index is -4.59. The zero-order valence-electron chi connectivity index (χ0n) is 11.2. The van der Waals surface area contributed by atoms with Gasteiger partial charge in [0.2, 0.25) is 0 Å². The van der Waals surface area contributed by atoms with Gasteiger partial charge in [0.15, 0.2) is 0 Å². The molecule has 11 heteroatoms. The average Bonchev–Trinajstić information content (AvgIpc) is 2.77. The van der Waals surface area contributed by atoms with Gasteiger partial charge in [-0.15, -0.1) is 0 Å². The zero-order chi connectivity index (χ0) is 16.7. The van der Waals surface area contributed by atoms with Gasteiger partial charge in [-0.2, -0.15) is 14.0 Å². The molecule has 22 heavy (non-hydrogen) atoms. The summed E-state index contributed by atoms with van der Waals surface area (Å²) in [5.41, 5.74) is 0.570. The average molecular weight is 590 g/mol. The lowest BCUT2D eigenvalue weighted by Gasteiger charge is -2.29. The summed E-state index contributed by atoms with van der Waals surface area (Å²) in [5.74, 6) is 0.109. The summed E-state index contributed by atoms with van der Waals surface area (Å²) in [7, 11) is -1.37. The van der Waals surface area contributed by atoms with E-state index in [4.69, 9.17) is 4.29 Å². The molecule has 1 N–H and O–H groups in total. The van der Waals surface area contributed by atoms with Gasteiger partial charge in [-0.05, 0) is 88.6 Å². The summed E-state index contributed by atoms with van der Waals surface area (Å²) in [4.78, 5) is 2.12. The Bertz CT molecular complexity index is 625. The SMILES string of the molecule is CN(C)C1(O[Cl+3]([O-])([O-])[O-])SC=C(c2cc(I)cc(I)c2O)S1. The van der Waals surface area contributed by atoms with Crippen molar-refractivity contribution in [3.05, 3.63) is 30.2 Å². The predicted molar refractivity (Wildman–Crippen MR) is 94.2 cm³/mol. The fourth-order valence-electron chi connectivity index (χ4n) is 1.61. The van der Waals surface area contributed by atoms with Crippen molar-refractivity contribution in [2.24, 2.45) is 0 Å². The van der Waals surface area contributed by atoms with E-state index in [9.17, 15) is 19.1 Å². The molecule has 0 spiro atoms. The van der Waals surface area contributed by atoms with Crippen LogP contribution in [0.5, 0.6) is 5.75 Å². The highest BCUT2D eigenvalue weighted by Crippen LogP contribution is 2.57. The number of hydrogen-bond donors (Lipinski definition) is 1. The van der Waals surface area contributed by atoms with E-state index in [-0.39, 0.29) is 5.75 Å². The molecule has 1 atom stereocenters. The number of phenolic OH excluding ortho intramolecular Hbond substituents is 1. The van der Waals surface area contributed by atoms with Crippen LogP contribution in [-0.4, -0.2) is 28.5 Å². The largest absolute Gasteiger partial charge is 0.506 e. The number of benzene rings is 1. The molecule has 0 aromatic heterocycles. The summed E-state index contributed by atoms with van der Waals surface area (Å²) in [6, 6.07) is 3.61. The molecule has 1 aliphatic heterocycles. The van der Waals surface area contributed by atoms with E-state index in [0.717, 1.165) is 27.1 Å². The standard InChI is InChI=1S/C11H10ClI2NO5S2/c1-15(2)11(20-12(17,18)19)21-5-9(22-11)7-3-6(13)4-8(14)10(7)16/h3-5,16H,1-2H3. The lowest BCUT2D eigenvalue weighted by Crippen LogP contribution is -2.65. The number of phenols is 1. The maximum absolute atomic E-state index is 11.0.